The lowest BCUT2D eigenvalue weighted by molar-refractivity contribution is 0.0724. The largest absolute Gasteiger partial charge is 0.339 e. The summed E-state index contributed by atoms with van der Waals surface area (Å²) in [4.78, 5) is 27.0. The third kappa shape index (κ3) is 3.52. The molecule has 2 heterocycles. The number of likely N-dealkylation sites (tertiary alicyclic amines) is 1. The minimum absolute atomic E-state index is 0.0321. The molecule has 6 nitrogen and oxygen atoms in total. The first kappa shape index (κ1) is 17.9. The van der Waals surface area contributed by atoms with E-state index in [4.69, 9.17) is 0 Å². The van der Waals surface area contributed by atoms with Crippen LogP contribution in [0.15, 0.2) is 29.1 Å². The number of hydrogen-bond acceptors (Lipinski definition) is 4. The lowest BCUT2D eigenvalue weighted by Crippen LogP contribution is -2.35. The highest BCUT2D eigenvalue weighted by Crippen LogP contribution is 2.15. The van der Waals surface area contributed by atoms with E-state index < -0.39 is 5.56 Å². The average molecular weight is 350 g/mol. The number of aryl methyl sites for hydroxylation is 1. The summed E-state index contributed by atoms with van der Waals surface area (Å²) in [6.45, 7) is 5.34. The fourth-order valence-corrected chi connectivity index (χ4v) is 3.27. The van der Waals surface area contributed by atoms with Crippen molar-refractivity contribution in [1.82, 2.24) is 14.7 Å². The van der Waals surface area contributed by atoms with E-state index in [-0.39, 0.29) is 18.0 Å². The van der Waals surface area contributed by atoms with Crippen molar-refractivity contribution in [3.05, 3.63) is 62.6 Å². The molecule has 1 aliphatic heterocycles. The smallest absolute Gasteiger partial charge is 0.285 e. The van der Waals surface area contributed by atoms with Crippen molar-refractivity contribution >= 4 is 5.91 Å². The maximum Gasteiger partial charge on any atom is 0.285 e. The molecule has 2 aromatic rings. The van der Waals surface area contributed by atoms with Crippen molar-refractivity contribution < 1.29 is 4.79 Å². The van der Waals surface area contributed by atoms with Crippen molar-refractivity contribution in [2.24, 2.45) is 0 Å². The summed E-state index contributed by atoms with van der Waals surface area (Å²) in [7, 11) is 0. The second-order valence-corrected chi connectivity index (χ2v) is 6.71. The first-order valence-corrected chi connectivity index (χ1v) is 8.88. The normalized spacial score (nSPS) is 14.1. The number of carbonyl (C=O) groups is 1. The van der Waals surface area contributed by atoms with Crippen LogP contribution in [0.5, 0.6) is 0 Å². The summed E-state index contributed by atoms with van der Waals surface area (Å²) in [6, 6.07) is 9.27. The van der Waals surface area contributed by atoms with Crippen LogP contribution >= 0.6 is 0 Å². The topological polar surface area (TPSA) is 79.0 Å². The number of piperidine rings is 1. The van der Waals surface area contributed by atoms with Gasteiger partial charge in [0, 0.05) is 18.7 Å². The third-order valence-electron chi connectivity index (χ3n) is 4.90. The molecule has 6 heteroatoms. The van der Waals surface area contributed by atoms with Gasteiger partial charge in [-0.05, 0) is 56.4 Å². The molecule has 0 spiro atoms. The van der Waals surface area contributed by atoms with Crippen molar-refractivity contribution in [1.29, 1.82) is 5.26 Å². The quantitative estimate of drug-likeness (QED) is 0.851. The van der Waals surface area contributed by atoms with E-state index in [2.05, 4.69) is 5.10 Å². The van der Waals surface area contributed by atoms with Crippen LogP contribution in [0, 0.1) is 25.2 Å². The molecule has 1 saturated heterocycles. The zero-order valence-electron chi connectivity index (χ0n) is 15.2. The van der Waals surface area contributed by atoms with Gasteiger partial charge >= 0.3 is 0 Å². The zero-order valence-corrected chi connectivity index (χ0v) is 15.2. The van der Waals surface area contributed by atoms with E-state index in [1.807, 2.05) is 29.2 Å². The number of nitrogens with zero attached hydrogens (tertiary/aromatic N) is 4. The molecule has 0 radical (unpaired) electrons. The fourth-order valence-electron chi connectivity index (χ4n) is 3.27. The summed E-state index contributed by atoms with van der Waals surface area (Å²) < 4.78 is 1.30. The van der Waals surface area contributed by atoms with Gasteiger partial charge in [-0.1, -0.05) is 12.1 Å². The van der Waals surface area contributed by atoms with E-state index in [1.54, 1.807) is 19.9 Å². The Morgan fingerprint density at radius 1 is 1.23 bits per heavy atom. The van der Waals surface area contributed by atoms with Crippen LogP contribution in [-0.2, 0) is 6.54 Å². The van der Waals surface area contributed by atoms with Crippen LogP contribution in [0.2, 0.25) is 0 Å². The molecular weight excluding hydrogens is 328 g/mol. The molecule has 134 valence electrons. The van der Waals surface area contributed by atoms with Crippen LogP contribution in [0.25, 0.3) is 0 Å². The Morgan fingerprint density at radius 2 is 1.96 bits per heavy atom. The van der Waals surface area contributed by atoms with Gasteiger partial charge < -0.3 is 4.90 Å². The summed E-state index contributed by atoms with van der Waals surface area (Å²) in [5.41, 5.74) is 2.43. The molecule has 0 unspecified atom stereocenters. The second kappa shape index (κ2) is 7.52. The minimum atomic E-state index is -0.400. The molecule has 1 amide bonds. The lowest BCUT2D eigenvalue weighted by atomic mass is 10.1. The van der Waals surface area contributed by atoms with E-state index in [1.165, 1.54) is 11.1 Å². The van der Waals surface area contributed by atoms with Gasteiger partial charge in [0.25, 0.3) is 11.5 Å². The van der Waals surface area contributed by atoms with Gasteiger partial charge in [0.1, 0.15) is 11.6 Å². The Morgan fingerprint density at radius 3 is 2.65 bits per heavy atom. The van der Waals surface area contributed by atoms with E-state index >= 15 is 0 Å². The number of aromatic nitrogens is 2. The molecule has 1 aliphatic rings. The van der Waals surface area contributed by atoms with Gasteiger partial charge in [-0.15, -0.1) is 0 Å². The Balaban J connectivity index is 1.88. The minimum Gasteiger partial charge on any atom is -0.339 e. The highest BCUT2D eigenvalue weighted by molar-refractivity contribution is 5.94. The van der Waals surface area contributed by atoms with Gasteiger partial charge in [0.05, 0.1) is 12.2 Å². The van der Waals surface area contributed by atoms with Crippen LogP contribution < -0.4 is 5.56 Å². The molecule has 0 atom stereocenters. The monoisotopic (exact) mass is 350 g/mol. The molecule has 0 saturated carbocycles. The van der Waals surface area contributed by atoms with Crippen LogP contribution in [0.1, 0.15) is 52.0 Å². The Hall–Kier alpha value is -2.94. The predicted molar refractivity (Wildman–Crippen MR) is 98.0 cm³/mol. The first-order valence-electron chi connectivity index (χ1n) is 8.88. The molecule has 1 aromatic heterocycles. The highest BCUT2D eigenvalue weighted by Gasteiger charge is 2.18. The molecular formula is C20H22N4O2. The Bertz CT molecular complexity index is 934. The number of nitriles is 1. The third-order valence-corrected chi connectivity index (χ3v) is 4.90. The molecule has 0 aliphatic carbocycles. The number of carbonyl (C=O) groups excluding carboxylic acids is 1. The number of amides is 1. The molecule has 1 fully saturated rings. The summed E-state index contributed by atoms with van der Waals surface area (Å²) in [5.74, 6) is 0.0321. The van der Waals surface area contributed by atoms with E-state index in [0.29, 0.717) is 16.8 Å². The summed E-state index contributed by atoms with van der Waals surface area (Å²) in [6.07, 6.45) is 3.26. The fraction of sp³-hybridized carbons (Fsp3) is 0.400. The maximum atomic E-state index is 12.7. The van der Waals surface area contributed by atoms with Crippen molar-refractivity contribution in [2.75, 3.05) is 13.1 Å². The highest BCUT2D eigenvalue weighted by atomic mass is 16.2. The maximum absolute atomic E-state index is 12.7. The van der Waals surface area contributed by atoms with E-state index in [9.17, 15) is 14.9 Å². The average Bonchev–Trinajstić information content (AvgIpc) is 2.67. The van der Waals surface area contributed by atoms with Crippen LogP contribution in [-0.4, -0.2) is 33.7 Å². The van der Waals surface area contributed by atoms with Gasteiger partial charge in [-0.2, -0.15) is 10.4 Å². The van der Waals surface area contributed by atoms with Crippen molar-refractivity contribution in [2.45, 2.75) is 39.7 Å². The Kier molecular flexibility index (Phi) is 5.17. The summed E-state index contributed by atoms with van der Waals surface area (Å²) >= 11 is 0. The van der Waals surface area contributed by atoms with Crippen molar-refractivity contribution in [3.63, 3.8) is 0 Å². The number of benzene rings is 1. The first-order chi connectivity index (χ1) is 12.5. The SMILES string of the molecule is Cc1nn(Cc2cccc(C(=O)N3CCCCC3)c2)c(=O)c(C#N)c1C. The molecule has 26 heavy (non-hydrogen) atoms. The molecule has 0 N–H and O–H groups in total. The molecule has 0 bridgehead atoms. The lowest BCUT2D eigenvalue weighted by Gasteiger charge is -2.26. The second-order valence-electron chi connectivity index (χ2n) is 6.71. The Labute approximate surface area is 152 Å². The zero-order chi connectivity index (χ0) is 18.7. The van der Waals surface area contributed by atoms with Gasteiger partial charge in [0.2, 0.25) is 0 Å². The molecule has 1 aromatic carbocycles. The van der Waals surface area contributed by atoms with E-state index in [0.717, 1.165) is 31.5 Å². The molecule has 3 rings (SSSR count). The van der Waals surface area contributed by atoms with Gasteiger partial charge in [0.15, 0.2) is 0 Å². The number of hydrogen-bond donors (Lipinski definition) is 0. The van der Waals surface area contributed by atoms with Crippen molar-refractivity contribution in [3.8, 4) is 6.07 Å². The predicted octanol–water partition coefficient (Wildman–Crippen LogP) is 2.41. The van der Waals surface area contributed by atoms with Crippen LogP contribution in [0.3, 0.4) is 0 Å². The van der Waals surface area contributed by atoms with Gasteiger partial charge in [-0.3, -0.25) is 9.59 Å². The number of rotatable bonds is 3. The summed E-state index contributed by atoms with van der Waals surface area (Å²) in [5, 5.41) is 13.5. The standard InChI is InChI=1S/C20H22N4O2/c1-14-15(2)22-24(20(26)18(14)12-21)13-16-7-6-8-17(11-16)19(25)23-9-4-3-5-10-23/h6-8,11H,3-5,9-10,13H2,1-2H3. The van der Waals surface area contributed by atoms with Gasteiger partial charge in [-0.25, -0.2) is 4.68 Å². The van der Waals surface area contributed by atoms with Crippen LogP contribution in [0.4, 0.5) is 0 Å².